The number of carbonyl (C=O) groups is 1. The third-order valence-electron chi connectivity index (χ3n) is 4.47. The molecule has 2 aliphatic rings. The first kappa shape index (κ1) is 13.8. The zero-order valence-electron chi connectivity index (χ0n) is 11.4. The predicted molar refractivity (Wildman–Crippen MR) is 71.2 cm³/mol. The van der Waals surface area contributed by atoms with Crippen LogP contribution in [0.5, 0.6) is 0 Å². The molecule has 18 heavy (non-hydrogen) atoms. The maximum absolute atomic E-state index is 11.8. The summed E-state index contributed by atoms with van der Waals surface area (Å²) in [5.41, 5.74) is 5.94. The molecule has 4 nitrogen and oxygen atoms in total. The fourth-order valence-corrected chi connectivity index (χ4v) is 3.31. The van der Waals surface area contributed by atoms with Crippen molar-refractivity contribution in [3.63, 3.8) is 0 Å². The molecule has 1 aliphatic heterocycles. The van der Waals surface area contributed by atoms with Crippen molar-refractivity contribution in [2.75, 3.05) is 20.2 Å². The van der Waals surface area contributed by atoms with Crippen LogP contribution >= 0.6 is 0 Å². The summed E-state index contributed by atoms with van der Waals surface area (Å²) < 4.78 is 4.93. The lowest BCUT2D eigenvalue weighted by Crippen LogP contribution is -2.47. The average Bonchev–Trinajstić information content (AvgIpc) is 2.41. The lowest BCUT2D eigenvalue weighted by atomic mass is 9.85. The number of rotatable bonds is 3. The molecule has 0 aromatic carbocycles. The largest absolute Gasteiger partial charge is 0.468 e. The van der Waals surface area contributed by atoms with Crippen molar-refractivity contribution in [3.05, 3.63) is 0 Å². The Balaban J connectivity index is 1.87. The van der Waals surface area contributed by atoms with Crippen molar-refractivity contribution in [1.82, 2.24) is 4.90 Å². The topological polar surface area (TPSA) is 55.6 Å². The maximum atomic E-state index is 11.8. The summed E-state index contributed by atoms with van der Waals surface area (Å²) in [6, 6.07) is 0.401. The van der Waals surface area contributed by atoms with Crippen LogP contribution < -0.4 is 5.73 Å². The van der Waals surface area contributed by atoms with Crippen LogP contribution in [0.4, 0.5) is 0 Å². The minimum absolute atomic E-state index is 0.000602. The van der Waals surface area contributed by atoms with Crippen LogP contribution in [0, 0.1) is 5.92 Å². The molecule has 1 aliphatic carbocycles. The summed E-state index contributed by atoms with van der Waals surface area (Å²) in [4.78, 5) is 14.1. The van der Waals surface area contributed by atoms with Crippen molar-refractivity contribution < 1.29 is 9.53 Å². The molecule has 0 spiro atoms. The van der Waals surface area contributed by atoms with E-state index in [9.17, 15) is 4.79 Å². The number of carbonyl (C=O) groups excluding carboxylic acids is 1. The van der Waals surface area contributed by atoms with Gasteiger partial charge in [0, 0.05) is 12.6 Å². The quantitative estimate of drug-likeness (QED) is 0.776. The number of ether oxygens (including phenoxy) is 1. The number of nitrogens with two attached hydrogens (primary N) is 1. The van der Waals surface area contributed by atoms with E-state index in [0.717, 1.165) is 44.7 Å². The Kier molecular flexibility index (Phi) is 5.01. The van der Waals surface area contributed by atoms with Crippen LogP contribution in [0.25, 0.3) is 0 Å². The molecule has 0 amide bonds. The van der Waals surface area contributed by atoms with E-state index in [1.807, 2.05) is 0 Å². The van der Waals surface area contributed by atoms with E-state index < -0.39 is 0 Å². The standard InChI is InChI=1S/C14H26N2O2/c1-18-14(17)13-4-2-3-9-16(13)10-11-5-7-12(15)8-6-11/h11-13H,2-10,15H2,1H3. The first-order valence-corrected chi connectivity index (χ1v) is 7.28. The molecule has 1 saturated carbocycles. The molecule has 0 aromatic rings. The normalized spacial score (nSPS) is 34.2. The van der Waals surface area contributed by atoms with Crippen molar-refractivity contribution in [2.24, 2.45) is 11.7 Å². The lowest BCUT2D eigenvalue weighted by Gasteiger charge is -2.37. The molecule has 2 fully saturated rings. The highest BCUT2D eigenvalue weighted by molar-refractivity contribution is 5.75. The molecule has 1 heterocycles. The van der Waals surface area contributed by atoms with Gasteiger partial charge in [-0.3, -0.25) is 9.69 Å². The highest BCUT2D eigenvalue weighted by Gasteiger charge is 2.31. The van der Waals surface area contributed by atoms with Crippen LogP contribution in [0.15, 0.2) is 0 Å². The summed E-state index contributed by atoms with van der Waals surface area (Å²) in [5, 5.41) is 0. The molecule has 4 heteroatoms. The molecule has 104 valence electrons. The number of hydrogen-bond acceptors (Lipinski definition) is 4. The Morgan fingerprint density at radius 2 is 1.94 bits per heavy atom. The third kappa shape index (κ3) is 3.45. The zero-order valence-corrected chi connectivity index (χ0v) is 11.4. The Morgan fingerprint density at radius 1 is 1.22 bits per heavy atom. The first-order valence-electron chi connectivity index (χ1n) is 7.28. The second-order valence-corrected chi connectivity index (χ2v) is 5.81. The van der Waals surface area contributed by atoms with Gasteiger partial charge >= 0.3 is 5.97 Å². The van der Waals surface area contributed by atoms with Crippen LogP contribution in [-0.2, 0) is 9.53 Å². The molecule has 0 bridgehead atoms. The van der Waals surface area contributed by atoms with Gasteiger partial charge in [-0.25, -0.2) is 0 Å². The van der Waals surface area contributed by atoms with Gasteiger partial charge < -0.3 is 10.5 Å². The van der Waals surface area contributed by atoms with Gasteiger partial charge in [0.1, 0.15) is 6.04 Å². The molecule has 1 atom stereocenters. The van der Waals surface area contributed by atoms with E-state index in [4.69, 9.17) is 10.5 Å². The Hall–Kier alpha value is -0.610. The van der Waals surface area contributed by atoms with Crippen molar-refractivity contribution in [3.8, 4) is 0 Å². The summed E-state index contributed by atoms with van der Waals surface area (Å²) >= 11 is 0. The van der Waals surface area contributed by atoms with E-state index in [1.165, 1.54) is 26.4 Å². The Morgan fingerprint density at radius 3 is 2.61 bits per heavy atom. The fraction of sp³-hybridized carbons (Fsp3) is 0.929. The lowest BCUT2D eigenvalue weighted by molar-refractivity contribution is -0.148. The molecule has 2 rings (SSSR count). The van der Waals surface area contributed by atoms with E-state index in [-0.39, 0.29) is 12.0 Å². The monoisotopic (exact) mass is 254 g/mol. The Bertz CT molecular complexity index is 275. The van der Waals surface area contributed by atoms with Gasteiger partial charge in [-0.15, -0.1) is 0 Å². The van der Waals surface area contributed by atoms with Gasteiger partial charge in [0.15, 0.2) is 0 Å². The van der Waals surface area contributed by atoms with Crippen LogP contribution in [0.3, 0.4) is 0 Å². The minimum Gasteiger partial charge on any atom is -0.468 e. The summed E-state index contributed by atoms with van der Waals surface area (Å²) in [6.45, 7) is 2.09. The number of nitrogens with zero attached hydrogens (tertiary/aromatic N) is 1. The zero-order chi connectivity index (χ0) is 13.0. The SMILES string of the molecule is COC(=O)C1CCCCN1CC1CCC(N)CC1. The smallest absolute Gasteiger partial charge is 0.323 e. The molecule has 1 unspecified atom stereocenters. The maximum Gasteiger partial charge on any atom is 0.323 e. The minimum atomic E-state index is -0.0535. The second kappa shape index (κ2) is 6.53. The predicted octanol–water partition coefficient (Wildman–Crippen LogP) is 1.53. The Labute approximate surface area is 110 Å². The molecule has 0 radical (unpaired) electrons. The first-order chi connectivity index (χ1) is 8.70. The number of esters is 1. The number of piperidine rings is 1. The second-order valence-electron chi connectivity index (χ2n) is 5.81. The molecule has 1 saturated heterocycles. The number of methoxy groups -OCH3 is 1. The van der Waals surface area contributed by atoms with Crippen LogP contribution in [0.2, 0.25) is 0 Å². The van der Waals surface area contributed by atoms with Gasteiger partial charge in [-0.1, -0.05) is 6.42 Å². The summed E-state index contributed by atoms with van der Waals surface area (Å²) in [7, 11) is 1.49. The average molecular weight is 254 g/mol. The number of hydrogen-bond donors (Lipinski definition) is 1. The van der Waals surface area contributed by atoms with Crippen LogP contribution in [0.1, 0.15) is 44.9 Å². The molecular weight excluding hydrogens is 228 g/mol. The van der Waals surface area contributed by atoms with Gasteiger partial charge in [-0.2, -0.15) is 0 Å². The molecular formula is C14H26N2O2. The van der Waals surface area contributed by atoms with Gasteiger partial charge in [0.2, 0.25) is 0 Å². The third-order valence-corrected chi connectivity index (χ3v) is 4.47. The van der Waals surface area contributed by atoms with Gasteiger partial charge in [-0.05, 0) is 51.0 Å². The van der Waals surface area contributed by atoms with Crippen LogP contribution in [-0.4, -0.2) is 43.2 Å². The van der Waals surface area contributed by atoms with Gasteiger partial charge in [0.25, 0.3) is 0 Å². The summed E-state index contributed by atoms with van der Waals surface area (Å²) in [5.74, 6) is 0.664. The van der Waals surface area contributed by atoms with Crippen molar-refractivity contribution in [2.45, 2.75) is 57.0 Å². The summed E-state index contributed by atoms with van der Waals surface area (Å²) in [6.07, 6.45) is 8.02. The highest BCUT2D eigenvalue weighted by Crippen LogP contribution is 2.27. The van der Waals surface area contributed by atoms with E-state index >= 15 is 0 Å². The fourth-order valence-electron chi connectivity index (χ4n) is 3.31. The highest BCUT2D eigenvalue weighted by atomic mass is 16.5. The van der Waals surface area contributed by atoms with E-state index in [1.54, 1.807) is 0 Å². The van der Waals surface area contributed by atoms with Crippen molar-refractivity contribution in [1.29, 1.82) is 0 Å². The van der Waals surface area contributed by atoms with E-state index in [0.29, 0.717) is 6.04 Å². The van der Waals surface area contributed by atoms with Crippen molar-refractivity contribution >= 4 is 5.97 Å². The molecule has 0 aromatic heterocycles. The molecule has 2 N–H and O–H groups in total. The van der Waals surface area contributed by atoms with E-state index in [2.05, 4.69) is 4.90 Å². The number of likely N-dealkylation sites (tertiary alicyclic amines) is 1. The van der Waals surface area contributed by atoms with Gasteiger partial charge in [0.05, 0.1) is 7.11 Å².